The predicted octanol–water partition coefficient (Wildman–Crippen LogP) is 3.72. The van der Waals surface area contributed by atoms with Gasteiger partial charge in [-0.1, -0.05) is 54.1 Å². The molecule has 6 nitrogen and oxygen atoms in total. The van der Waals surface area contributed by atoms with Gasteiger partial charge in [0.25, 0.3) is 0 Å². The molecule has 0 N–H and O–H groups in total. The molecule has 2 heterocycles. The quantitative estimate of drug-likeness (QED) is 0.688. The lowest BCUT2D eigenvalue weighted by atomic mass is 9.94. The van der Waals surface area contributed by atoms with Crippen molar-refractivity contribution in [1.82, 2.24) is 4.90 Å². The van der Waals surface area contributed by atoms with Gasteiger partial charge in [-0.05, 0) is 47.6 Å². The standard InChI is InChI=1S/C26H25NO5/c1-18-16-23-21(19-6-3-2-4-7-19)8-5-9-22(23)20(18)12-13-27-14-15-30-26(17-27)31-24(28)10-11-25(29)32-26/h2-11H,12-17H2,1H3. The van der Waals surface area contributed by atoms with Gasteiger partial charge in [0.05, 0.1) is 6.61 Å². The second kappa shape index (κ2) is 8.37. The molecular formula is C26H25NO5. The average Bonchev–Trinajstić information content (AvgIpc) is 3.04. The van der Waals surface area contributed by atoms with Crippen LogP contribution < -0.4 is 0 Å². The number of allylic oxidation sites excluding steroid dienone is 1. The lowest BCUT2D eigenvalue weighted by molar-refractivity contribution is -0.359. The normalized spacial score (nSPS) is 20.2. The van der Waals surface area contributed by atoms with Crippen molar-refractivity contribution in [3.05, 3.63) is 77.4 Å². The average molecular weight is 431 g/mol. The largest absolute Gasteiger partial charge is 0.394 e. The number of carbonyl (C=O) groups is 2. The molecule has 2 aliphatic heterocycles. The van der Waals surface area contributed by atoms with Crippen LogP contribution in [-0.2, 0) is 30.2 Å². The molecule has 0 atom stereocenters. The molecule has 0 aromatic heterocycles. The fourth-order valence-corrected chi connectivity index (χ4v) is 4.74. The number of esters is 2. The van der Waals surface area contributed by atoms with Crippen LogP contribution in [0.1, 0.15) is 24.5 Å². The predicted molar refractivity (Wildman–Crippen MR) is 119 cm³/mol. The van der Waals surface area contributed by atoms with Crippen LogP contribution in [0.2, 0.25) is 0 Å². The van der Waals surface area contributed by atoms with Crippen LogP contribution in [0, 0.1) is 0 Å². The van der Waals surface area contributed by atoms with Gasteiger partial charge in [-0.2, -0.15) is 0 Å². The van der Waals surface area contributed by atoms with Crippen molar-refractivity contribution in [2.24, 2.45) is 0 Å². The van der Waals surface area contributed by atoms with Gasteiger partial charge in [-0.3, -0.25) is 4.90 Å². The molecule has 1 spiro atoms. The van der Waals surface area contributed by atoms with Gasteiger partial charge in [-0.25, -0.2) is 9.59 Å². The van der Waals surface area contributed by atoms with Crippen molar-refractivity contribution in [2.75, 3.05) is 26.2 Å². The molecule has 1 saturated heterocycles. The highest BCUT2D eigenvalue weighted by Gasteiger charge is 2.45. The van der Waals surface area contributed by atoms with Gasteiger partial charge in [0, 0.05) is 25.2 Å². The zero-order valence-electron chi connectivity index (χ0n) is 18.0. The Labute approximate surface area is 187 Å². The van der Waals surface area contributed by atoms with E-state index in [2.05, 4.69) is 54.3 Å². The summed E-state index contributed by atoms with van der Waals surface area (Å²) in [6.45, 7) is 4.12. The van der Waals surface area contributed by atoms with E-state index in [0.717, 1.165) is 31.5 Å². The van der Waals surface area contributed by atoms with E-state index in [1.54, 1.807) is 0 Å². The Balaban J connectivity index is 1.32. The maximum absolute atomic E-state index is 11.9. The van der Waals surface area contributed by atoms with Crippen molar-refractivity contribution >= 4 is 17.5 Å². The third kappa shape index (κ3) is 3.99. The summed E-state index contributed by atoms with van der Waals surface area (Å²) in [5.41, 5.74) is 7.94. The Bertz CT molecular complexity index is 1100. The molecule has 0 saturated carbocycles. The van der Waals surface area contributed by atoms with Gasteiger partial charge < -0.3 is 14.2 Å². The third-order valence-corrected chi connectivity index (χ3v) is 6.24. The van der Waals surface area contributed by atoms with Gasteiger partial charge >= 0.3 is 17.9 Å². The number of rotatable bonds is 4. The first kappa shape index (κ1) is 20.7. The maximum atomic E-state index is 11.9. The van der Waals surface area contributed by atoms with E-state index in [-0.39, 0.29) is 6.54 Å². The maximum Gasteiger partial charge on any atom is 0.389 e. The van der Waals surface area contributed by atoms with Gasteiger partial charge in [-0.15, -0.1) is 0 Å². The number of fused-ring (bicyclic) bond motifs is 1. The molecule has 1 aliphatic carbocycles. The molecule has 2 aromatic rings. The Hall–Kier alpha value is -3.22. The summed E-state index contributed by atoms with van der Waals surface area (Å²) >= 11 is 0. The molecule has 32 heavy (non-hydrogen) atoms. The molecule has 2 aromatic carbocycles. The minimum atomic E-state index is -1.67. The van der Waals surface area contributed by atoms with E-state index in [4.69, 9.17) is 14.2 Å². The first-order chi connectivity index (χ1) is 15.5. The van der Waals surface area contributed by atoms with Crippen LogP contribution >= 0.6 is 0 Å². The third-order valence-electron chi connectivity index (χ3n) is 6.24. The minimum Gasteiger partial charge on any atom is -0.394 e. The van der Waals surface area contributed by atoms with Crippen LogP contribution in [0.25, 0.3) is 16.7 Å². The number of hydrogen-bond donors (Lipinski definition) is 0. The minimum absolute atomic E-state index is 0.190. The number of carbonyl (C=O) groups excluding carboxylic acids is 2. The number of benzene rings is 2. The summed E-state index contributed by atoms with van der Waals surface area (Å²) in [6.07, 6.45) is 3.93. The Morgan fingerprint density at radius 1 is 0.938 bits per heavy atom. The lowest BCUT2D eigenvalue weighted by Crippen LogP contribution is -2.56. The van der Waals surface area contributed by atoms with Crippen LogP contribution in [0.3, 0.4) is 0 Å². The number of nitrogens with zero attached hydrogens (tertiary/aromatic N) is 1. The molecule has 5 rings (SSSR count). The van der Waals surface area contributed by atoms with Crippen molar-refractivity contribution in [1.29, 1.82) is 0 Å². The smallest absolute Gasteiger partial charge is 0.389 e. The molecule has 164 valence electrons. The summed E-state index contributed by atoms with van der Waals surface area (Å²) in [5.74, 6) is -2.96. The first-order valence-electron chi connectivity index (χ1n) is 10.9. The van der Waals surface area contributed by atoms with Crippen molar-refractivity contribution in [2.45, 2.75) is 25.7 Å². The molecule has 0 bridgehead atoms. The van der Waals surface area contributed by atoms with E-state index in [0.29, 0.717) is 13.2 Å². The highest BCUT2D eigenvalue weighted by molar-refractivity contribution is 5.93. The lowest BCUT2D eigenvalue weighted by Gasteiger charge is -2.39. The molecule has 1 fully saturated rings. The Kier molecular flexibility index (Phi) is 5.41. The van der Waals surface area contributed by atoms with Crippen molar-refractivity contribution < 1.29 is 23.8 Å². The molecule has 3 aliphatic rings. The zero-order valence-corrected chi connectivity index (χ0v) is 18.0. The topological polar surface area (TPSA) is 65.1 Å². The zero-order chi connectivity index (χ0) is 22.1. The Morgan fingerprint density at radius 2 is 1.66 bits per heavy atom. The summed E-state index contributed by atoms with van der Waals surface area (Å²) in [4.78, 5) is 25.8. The van der Waals surface area contributed by atoms with Crippen molar-refractivity contribution in [3.8, 4) is 11.1 Å². The fourth-order valence-electron chi connectivity index (χ4n) is 4.74. The second-order valence-electron chi connectivity index (χ2n) is 8.37. The molecule has 6 heteroatoms. The summed E-state index contributed by atoms with van der Waals surface area (Å²) in [6, 6.07) is 17.0. The number of ether oxygens (including phenoxy) is 3. The summed E-state index contributed by atoms with van der Waals surface area (Å²) in [7, 11) is 0. The van der Waals surface area contributed by atoms with E-state index in [1.807, 2.05) is 6.07 Å². The molecule has 0 radical (unpaired) electrons. The van der Waals surface area contributed by atoms with E-state index < -0.39 is 17.9 Å². The van der Waals surface area contributed by atoms with Crippen LogP contribution in [0.5, 0.6) is 0 Å². The summed E-state index contributed by atoms with van der Waals surface area (Å²) in [5, 5.41) is 0. The van der Waals surface area contributed by atoms with Gasteiger partial charge in [0.1, 0.15) is 6.54 Å². The molecule has 0 amide bonds. The van der Waals surface area contributed by atoms with E-state index in [1.165, 1.54) is 33.4 Å². The van der Waals surface area contributed by atoms with Crippen LogP contribution in [0.4, 0.5) is 0 Å². The van der Waals surface area contributed by atoms with Crippen LogP contribution in [0.15, 0.2) is 66.3 Å². The second-order valence-corrected chi connectivity index (χ2v) is 8.37. The fraction of sp³-hybridized carbons (Fsp3) is 0.308. The molecule has 0 unspecified atom stereocenters. The monoisotopic (exact) mass is 431 g/mol. The van der Waals surface area contributed by atoms with Crippen LogP contribution in [-0.4, -0.2) is 49.1 Å². The summed E-state index contributed by atoms with van der Waals surface area (Å²) < 4.78 is 16.2. The van der Waals surface area contributed by atoms with E-state index in [9.17, 15) is 9.59 Å². The highest BCUT2D eigenvalue weighted by Crippen LogP contribution is 2.40. The number of morpholine rings is 1. The van der Waals surface area contributed by atoms with Gasteiger partial charge in [0.15, 0.2) is 0 Å². The number of hydrogen-bond acceptors (Lipinski definition) is 6. The van der Waals surface area contributed by atoms with E-state index >= 15 is 0 Å². The highest BCUT2D eigenvalue weighted by atomic mass is 16.9. The van der Waals surface area contributed by atoms with Crippen molar-refractivity contribution in [3.63, 3.8) is 0 Å². The Morgan fingerprint density at radius 3 is 2.41 bits per heavy atom. The van der Waals surface area contributed by atoms with Gasteiger partial charge in [0.2, 0.25) is 0 Å². The molecular weight excluding hydrogens is 406 g/mol. The SMILES string of the molecule is CC1=C(CCN2CCOC3(C2)OC(=O)C=CC(=O)O3)c2cccc(-c3ccccc3)c2C1. The first-order valence-corrected chi connectivity index (χ1v) is 10.9.